The summed E-state index contributed by atoms with van der Waals surface area (Å²) in [5.41, 5.74) is 6.21. The van der Waals surface area contributed by atoms with Crippen LogP contribution in [0, 0.1) is 0 Å². The van der Waals surface area contributed by atoms with Gasteiger partial charge in [0.25, 0.3) is 0 Å². The largest absolute Gasteiger partial charge is 0.507 e. The van der Waals surface area contributed by atoms with E-state index in [2.05, 4.69) is 51.5 Å². The smallest absolute Gasteiger partial charge is 0.133 e. The van der Waals surface area contributed by atoms with E-state index in [1.165, 1.54) is 0 Å². The Hall–Kier alpha value is -4.32. The molecule has 0 saturated heterocycles. The number of hydrogen-bond donors (Lipinski definition) is 2. The lowest BCUT2D eigenvalue weighted by Gasteiger charge is -2.26. The normalized spacial score (nSPS) is 17.9. The van der Waals surface area contributed by atoms with Crippen LogP contribution in [0.2, 0.25) is 0 Å². The minimum atomic E-state index is -0.116. The first-order valence-electron chi connectivity index (χ1n) is 15.6. The van der Waals surface area contributed by atoms with Gasteiger partial charge in [-0.1, -0.05) is 66.5 Å². The van der Waals surface area contributed by atoms with Crippen LogP contribution in [-0.2, 0) is 10.8 Å². The summed E-state index contributed by atoms with van der Waals surface area (Å²) in [5.74, 6) is 0.365. The van der Waals surface area contributed by atoms with Crippen LogP contribution in [0.15, 0.2) is 83.0 Å². The van der Waals surface area contributed by atoms with E-state index < -0.39 is 0 Å². The number of pyridine rings is 2. The van der Waals surface area contributed by atoms with Crippen molar-refractivity contribution in [2.75, 3.05) is 0 Å². The molecule has 0 bridgehead atoms. The van der Waals surface area contributed by atoms with Crippen molar-refractivity contribution in [2.24, 2.45) is 9.98 Å². The predicted molar refractivity (Wildman–Crippen MR) is 181 cm³/mol. The maximum absolute atomic E-state index is 11.3. The fourth-order valence-corrected chi connectivity index (χ4v) is 5.60. The van der Waals surface area contributed by atoms with Crippen LogP contribution in [0.3, 0.4) is 0 Å². The van der Waals surface area contributed by atoms with E-state index >= 15 is 0 Å². The number of phenols is 2. The Kier molecular flexibility index (Phi) is 9.00. The molecular weight excluding hydrogens is 544 g/mol. The number of hydrogen-bond acceptors (Lipinski definition) is 6. The van der Waals surface area contributed by atoms with Gasteiger partial charge in [0, 0.05) is 47.1 Å². The van der Waals surface area contributed by atoms with Crippen molar-refractivity contribution < 1.29 is 10.2 Å². The highest BCUT2D eigenvalue weighted by Crippen LogP contribution is 2.38. The third-order valence-electron chi connectivity index (χ3n) is 8.40. The fourth-order valence-electron chi connectivity index (χ4n) is 5.60. The number of aliphatic imine (C=N–C) groups is 2. The Labute approximate surface area is 261 Å². The van der Waals surface area contributed by atoms with Crippen molar-refractivity contribution >= 4 is 12.4 Å². The molecule has 0 spiro atoms. The lowest BCUT2D eigenvalue weighted by atomic mass is 9.84. The molecule has 4 aromatic rings. The van der Waals surface area contributed by atoms with Crippen LogP contribution in [0.1, 0.15) is 89.5 Å². The molecule has 228 valence electrons. The standard InChI is InChI=1S/C38H44N4O2/c1-37(2,3)27-19-25(35(43)29(21-27)31-13-9-11-17-39-31)23-41-33-15-7-8-16-34(33)42-24-26-20-28(38(4,5)6)22-30(36(26)44)32-14-10-12-18-40-32/h9-14,17-24,33-34,43-44H,7-8,15-16H2,1-6H3/t33-,34-/m0/s1. The quantitative estimate of drug-likeness (QED) is 0.221. The number of phenolic OH excluding ortho intramolecular Hbond substituents is 2. The first-order chi connectivity index (χ1) is 20.9. The molecule has 1 aliphatic rings. The van der Waals surface area contributed by atoms with Crippen LogP contribution < -0.4 is 0 Å². The molecule has 2 aromatic heterocycles. The van der Waals surface area contributed by atoms with E-state index in [4.69, 9.17) is 9.98 Å². The second-order valence-electron chi connectivity index (χ2n) is 13.8. The van der Waals surface area contributed by atoms with E-state index in [1.807, 2.05) is 73.1 Å². The zero-order chi connectivity index (χ0) is 31.5. The molecule has 1 aliphatic carbocycles. The van der Waals surface area contributed by atoms with Crippen molar-refractivity contribution in [3.63, 3.8) is 0 Å². The second-order valence-corrected chi connectivity index (χ2v) is 13.8. The molecule has 5 rings (SSSR count). The highest BCUT2D eigenvalue weighted by molar-refractivity contribution is 5.90. The van der Waals surface area contributed by atoms with Crippen molar-refractivity contribution in [2.45, 2.75) is 90.1 Å². The van der Waals surface area contributed by atoms with E-state index in [0.717, 1.165) is 48.2 Å². The van der Waals surface area contributed by atoms with Crippen molar-refractivity contribution in [1.29, 1.82) is 0 Å². The summed E-state index contributed by atoms with van der Waals surface area (Å²) in [4.78, 5) is 19.0. The average molecular weight is 589 g/mol. The van der Waals surface area contributed by atoms with Crippen LogP contribution >= 0.6 is 0 Å². The molecule has 2 N–H and O–H groups in total. The second kappa shape index (κ2) is 12.7. The molecule has 0 radical (unpaired) electrons. The van der Waals surface area contributed by atoms with Crippen LogP contribution in [0.4, 0.5) is 0 Å². The third-order valence-corrected chi connectivity index (χ3v) is 8.40. The summed E-state index contributed by atoms with van der Waals surface area (Å²) in [5, 5.41) is 22.7. The summed E-state index contributed by atoms with van der Waals surface area (Å²) < 4.78 is 0. The van der Waals surface area contributed by atoms with E-state index in [1.54, 1.807) is 12.4 Å². The summed E-state index contributed by atoms with van der Waals surface area (Å²) in [6, 6.07) is 19.5. The van der Waals surface area contributed by atoms with Gasteiger partial charge in [-0.05, 0) is 83.3 Å². The number of rotatable bonds is 6. The Morgan fingerprint density at radius 2 is 1.05 bits per heavy atom. The Morgan fingerprint density at radius 1 is 0.636 bits per heavy atom. The Bertz CT molecular complexity index is 1520. The predicted octanol–water partition coefficient (Wildman–Crippen LogP) is 8.67. The molecule has 1 saturated carbocycles. The molecular formula is C38H44N4O2. The highest BCUT2D eigenvalue weighted by atomic mass is 16.3. The summed E-state index contributed by atoms with van der Waals surface area (Å²) in [6.45, 7) is 13.0. The number of nitrogens with zero attached hydrogens (tertiary/aromatic N) is 4. The van der Waals surface area contributed by atoms with Gasteiger partial charge in [-0.15, -0.1) is 0 Å². The number of aromatic hydroxyl groups is 2. The van der Waals surface area contributed by atoms with Crippen molar-refractivity contribution in [3.05, 3.63) is 95.3 Å². The third kappa shape index (κ3) is 7.07. The maximum Gasteiger partial charge on any atom is 0.133 e. The van der Waals surface area contributed by atoms with Gasteiger partial charge >= 0.3 is 0 Å². The minimum absolute atomic E-state index is 0.0285. The van der Waals surface area contributed by atoms with Gasteiger partial charge in [-0.2, -0.15) is 0 Å². The van der Waals surface area contributed by atoms with Gasteiger partial charge < -0.3 is 10.2 Å². The van der Waals surface area contributed by atoms with Gasteiger partial charge in [0.05, 0.1) is 23.5 Å². The molecule has 2 aromatic carbocycles. The van der Waals surface area contributed by atoms with Gasteiger partial charge in [0.1, 0.15) is 11.5 Å². The molecule has 0 amide bonds. The fraction of sp³-hybridized carbons (Fsp3) is 0.368. The number of aromatic nitrogens is 2. The molecule has 44 heavy (non-hydrogen) atoms. The zero-order valence-corrected chi connectivity index (χ0v) is 26.7. The lowest BCUT2D eigenvalue weighted by molar-refractivity contribution is 0.390. The molecule has 2 atom stereocenters. The molecule has 0 unspecified atom stereocenters. The maximum atomic E-state index is 11.3. The first kappa shape index (κ1) is 31.1. The zero-order valence-electron chi connectivity index (χ0n) is 26.7. The topological polar surface area (TPSA) is 91.0 Å². The summed E-state index contributed by atoms with van der Waals surface area (Å²) in [7, 11) is 0. The highest BCUT2D eigenvalue weighted by Gasteiger charge is 2.25. The first-order valence-corrected chi connectivity index (χ1v) is 15.6. The molecule has 6 heteroatoms. The average Bonchev–Trinajstić information content (AvgIpc) is 3.00. The molecule has 1 fully saturated rings. The monoisotopic (exact) mass is 588 g/mol. The van der Waals surface area contributed by atoms with E-state index in [-0.39, 0.29) is 34.4 Å². The minimum Gasteiger partial charge on any atom is -0.507 e. The van der Waals surface area contributed by atoms with Gasteiger partial charge in [-0.3, -0.25) is 20.0 Å². The van der Waals surface area contributed by atoms with Crippen LogP contribution in [0.25, 0.3) is 22.5 Å². The summed E-state index contributed by atoms with van der Waals surface area (Å²) in [6.07, 6.45) is 11.1. The van der Waals surface area contributed by atoms with Crippen molar-refractivity contribution in [3.8, 4) is 34.0 Å². The SMILES string of the molecule is CC(C)(C)c1cc(C=N[C@H]2CCCC[C@@H]2N=Cc2cc(C(C)(C)C)cc(-c3ccccn3)c2O)c(O)c(-c2ccccn2)c1. The van der Waals surface area contributed by atoms with E-state index in [0.29, 0.717) is 22.3 Å². The lowest BCUT2D eigenvalue weighted by Crippen LogP contribution is -2.27. The molecule has 6 nitrogen and oxygen atoms in total. The van der Waals surface area contributed by atoms with Gasteiger partial charge in [0.15, 0.2) is 0 Å². The van der Waals surface area contributed by atoms with E-state index in [9.17, 15) is 10.2 Å². The van der Waals surface area contributed by atoms with Crippen LogP contribution in [-0.4, -0.2) is 44.7 Å². The van der Waals surface area contributed by atoms with Crippen molar-refractivity contribution in [1.82, 2.24) is 9.97 Å². The van der Waals surface area contributed by atoms with Crippen LogP contribution in [0.5, 0.6) is 11.5 Å². The molecule has 0 aliphatic heterocycles. The Morgan fingerprint density at radius 3 is 1.39 bits per heavy atom. The summed E-state index contributed by atoms with van der Waals surface area (Å²) >= 11 is 0. The number of benzene rings is 2. The van der Waals surface area contributed by atoms with Gasteiger partial charge in [-0.25, -0.2) is 0 Å². The Balaban J connectivity index is 1.48. The molecule has 2 heterocycles. The van der Waals surface area contributed by atoms with Gasteiger partial charge in [0.2, 0.25) is 0 Å².